The van der Waals surface area contributed by atoms with Crippen molar-refractivity contribution in [1.29, 1.82) is 0 Å². The Morgan fingerprint density at radius 2 is 2.25 bits per heavy atom. The van der Waals surface area contributed by atoms with E-state index in [1.807, 2.05) is 0 Å². The molecule has 1 fully saturated rings. The highest BCUT2D eigenvalue weighted by atomic mass is 16.5. The van der Waals surface area contributed by atoms with Gasteiger partial charge < -0.3 is 20.7 Å². The van der Waals surface area contributed by atoms with Crippen LogP contribution in [0.25, 0.3) is 0 Å². The number of nitrogens with two attached hydrogens (primary N) is 1. The molecular formula is C13H21N5O2. The van der Waals surface area contributed by atoms with E-state index in [9.17, 15) is 4.79 Å². The number of primary amides is 1. The van der Waals surface area contributed by atoms with Crippen molar-refractivity contribution in [3.05, 3.63) is 6.33 Å². The van der Waals surface area contributed by atoms with E-state index in [1.54, 1.807) is 14.2 Å². The Morgan fingerprint density at radius 3 is 2.85 bits per heavy atom. The molecule has 20 heavy (non-hydrogen) atoms. The van der Waals surface area contributed by atoms with E-state index in [0.717, 1.165) is 12.8 Å². The summed E-state index contributed by atoms with van der Waals surface area (Å²) in [6.07, 6.45) is 3.21. The van der Waals surface area contributed by atoms with Crippen LogP contribution in [0.4, 0.5) is 11.6 Å². The number of ether oxygens (including phenoxy) is 1. The van der Waals surface area contributed by atoms with Gasteiger partial charge in [-0.25, -0.2) is 9.97 Å². The van der Waals surface area contributed by atoms with Crippen LogP contribution in [0.2, 0.25) is 0 Å². The molecular weight excluding hydrogens is 258 g/mol. The quantitative estimate of drug-likeness (QED) is 0.839. The first-order valence-electron chi connectivity index (χ1n) is 6.71. The molecule has 2 atom stereocenters. The maximum atomic E-state index is 11.4. The number of anilines is 2. The molecule has 1 aromatic rings. The van der Waals surface area contributed by atoms with Gasteiger partial charge >= 0.3 is 0 Å². The lowest BCUT2D eigenvalue weighted by atomic mass is 9.93. The predicted octanol–water partition coefficient (Wildman–Crippen LogP) is 0.617. The Labute approximate surface area is 118 Å². The third-order valence-corrected chi connectivity index (χ3v) is 3.78. The highest BCUT2D eigenvalue weighted by Gasteiger charge is 2.31. The van der Waals surface area contributed by atoms with Crippen molar-refractivity contribution in [3.8, 4) is 5.75 Å². The highest BCUT2D eigenvalue weighted by Crippen LogP contribution is 2.36. The van der Waals surface area contributed by atoms with Crippen LogP contribution < -0.4 is 20.7 Å². The summed E-state index contributed by atoms with van der Waals surface area (Å²) < 4.78 is 5.42. The molecule has 0 spiro atoms. The van der Waals surface area contributed by atoms with Crippen LogP contribution in [-0.4, -0.2) is 42.6 Å². The zero-order valence-electron chi connectivity index (χ0n) is 12.1. The van der Waals surface area contributed by atoms with E-state index in [4.69, 9.17) is 10.5 Å². The molecule has 1 aliphatic heterocycles. The first-order valence-corrected chi connectivity index (χ1v) is 6.71. The van der Waals surface area contributed by atoms with Crippen LogP contribution in [0.5, 0.6) is 5.75 Å². The number of methoxy groups -OCH3 is 1. The zero-order chi connectivity index (χ0) is 14.7. The number of hydrogen-bond acceptors (Lipinski definition) is 6. The number of piperidine rings is 1. The molecule has 7 heteroatoms. The summed E-state index contributed by atoms with van der Waals surface area (Å²) >= 11 is 0. The lowest BCUT2D eigenvalue weighted by molar-refractivity contribution is -0.122. The lowest BCUT2D eigenvalue weighted by Crippen LogP contribution is -2.46. The van der Waals surface area contributed by atoms with Gasteiger partial charge in [0, 0.05) is 19.6 Å². The Morgan fingerprint density at radius 1 is 1.50 bits per heavy atom. The molecule has 1 aromatic heterocycles. The van der Waals surface area contributed by atoms with Crippen LogP contribution in [0, 0.1) is 5.92 Å². The number of nitrogens with zero attached hydrogens (tertiary/aromatic N) is 3. The number of rotatable bonds is 4. The van der Waals surface area contributed by atoms with E-state index in [-0.39, 0.29) is 17.9 Å². The van der Waals surface area contributed by atoms with Gasteiger partial charge in [-0.05, 0) is 19.8 Å². The molecule has 0 saturated carbocycles. The van der Waals surface area contributed by atoms with Crippen LogP contribution in [0.1, 0.15) is 19.8 Å². The zero-order valence-corrected chi connectivity index (χ0v) is 12.1. The minimum atomic E-state index is -0.260. The Bertz CT molecular complexity index is 494. The van der Waals surface area contributed by atoms with Gasteiger partial charge in [0.05, 0.1) is 13.0 Å². The van der Waals surface area contributed by atoms with E-state index in [1.165, 1.54) is 6.33 Å². The van der Waals surface area contributed by atoms with Crippen molar-refractivity contribution in [2.45, 2.75) is 25.8 Å². The van der Waals surface area contributed by atoms with Crippen molar-refractivity contribution in [3.63, 3.8) is 0 Å². The molecule has 1 aliphatic rings. The number of carbonyl (C=O) groups excluding carboxylic acids is 1. The predicted molar refractivity (Wildman–Crippen MR) is 76.9 cm³/mol. The average Bonchev–Trinajstić information content (AvgIpc) is 2.46. The average molecular weight is 279 g/mol. The molecule has 2 heterocycles. The third kappa shape index (κ3) is 2.61. The minimum Gasteiger partial charge on any atom is -0.490 e. The standard InChI is InChI=1S/C13H21N5O2/c1-8-4-5-9(11(14)19)6-18(8)13-10(20-3)12(15-2)16-7-17-13/h7-9H,4-6H2,1-3H3,(H2,14,19)(H,15,16,17). The molecule has 3 N–H and O–H groups in total. The van der Waals surface area contributed by atoms with Gasteiger partial charge in [-0.1, -0.05) is 0 Å². The molecule has 110 valence electrons. The second-order valence-corrected chi connectivity index (χ2v) is 5.01. The summed E-state index contributed by atoms with van der Waals surface area (Å²) in [4.78, 5) is 22.0. The van der Waals surface area contributed by atoms with Crippen LogP contribution >= 0.6 is 0 Å². The lowest BCUT2D eigenvalue weighted by Gasteiger charge is -2.38. The van der Waals surface area contributed by atoms with Gasteiger partial charge in [-0.15, -0.1) is 0 Å². The summed E-state index contributed by atoms with van der Waals surface area (Å²) in [6, 6.07) is 0.277. The maximum Gasteiger partial charge on any atom is 0.222 e. The van der Waals surface area contributed by atoms with Gasteiger partial charge in [0.1, 0.15) is 6.33 Å². The summed E-state index contributed by atoms with van der Waals surface area (Å²) in [5.41, 5.74) is 5.44. The van der Waals surface area contributed by atoms with E-state index in [0.29, 0.717) is 23.9 Å². The first-order chi connectivity index (χ1) is 9.58. The second kappa shape index (κ2) is 5.94. The molecule has 2 rings (SSSR count). The first kappa shape index (κ1) is 14.4. The SMILES string of the molecule is CNc1ncnc(N2CC(C(N)=O)CCC2C)c1OC. The minimum absolute atomic E-state index is 0.149. The van der Waals surface area contributed by atoms with E-state index >= 15 is 0 Å². The Balaban J connectivity index is 2.35. The fourth-order valence-electron chi connectivity index (χ4n) is 2.57. The normalized spacial score (nSPS) is 22.4. The number of amides is 1. The van der Waals surface area contributed by atoms with E-state index in [2.05, 4.69) is 27.1 Å². The molecule has 0 aliphatic carbocycles. The van der Waals surface area contributed by atoms with Crippen molar-refractivity contribution in [2.75, 3.05) is 30.9 Å². The van der Waals surface area contributed by atoms with Crippen molar-refractivity contribution in [2.24, 2.45) is 11.7 Å². The molecule has 0 radical (unpaired) electrons. The van der Waals surface area contributed by atoms with Crippen LogP contribution in [0.3, 0.4) is 0 Å². The summed E-state index contributed by atoms with van der Waals surface area (Å²) in [7, 11) is 3.36. The van der Waals surface area contributed by atoms with Crippen LogP contribution in [-0.2, 0) is 4.79 Å². The van der Waals surface area contributed by atoms with E-state index < -0.39 is 0 Å². The number of hydrogen-bond donors (Lipinski definition) is 2. The fourth-order valence-corrected chi connectivity index (χ4v) is 2.57. The smallest absolute Gasteiger partial charge is 0.222 e. The molecule has 1 amide bonds. The topological polar surface area (TPSA) is 93.4 Å². The van der Waals surface area contributed by atoms with Gasteiger partial charge in [0.2, 0.25) is 11.7 Å². The second-order valence-electron chi connectivity index (χ2n) is 5.01. The van der Waals surface area contributed by atoms with Crippen molar-refractivity contribution < 1.29 is 9.53 Å². The summed E-state index contributed by atoms with van der Waals surface area (Å²) in [6.45, 7) is 2.67. The number of aromatic nitrogens is 2. The Hall–Kier alpha value is -2.05. The van der Waals surface area contributed by atoms with Crippen molar-refractivity contribution >= 4 is 17.5 Å². The maximum absolute atomic E-state index is 11.4. The van der Waals surface area contributed by atoms with Gasteiger partial charge in [-0.3, -0.25) is 4.79 Å². The number of nitrogens with one attached hydrogen (secondary N) is 1. The molecule has 7 nitrogen and oxygen atoms in total. The summed E-state index contributed by atoms with van der Waals surface area (Å²) in [5.74, 6) is 1.51. The molecule has 0 aromatic carbocycles. The number of carbonyl (C=O) groups is 1. The third-order valence-electron chi connectivity index (χ3n) is 3.78. The monoisotopic (exact) mass is 279 g/mol. The Kier molecular flexibility index (Phi) is 4.26. The van der Waals surface area contributed by atoms with Gasteiger partial charge in [-0.2, -0.15) is 0 Å². The van der Waals surface area contributed by atoms with Crippen LogP contribution in [0.15, 0.2) is 6.33 Å². The molecule has 1 saturated heterocycles. The molecule has 2 unspecified atom stereocenters. The fraction of sp³-hybridized carbons (Fsp3) is 0.615. The summed E-state index contributed by atoms with van der Waals surface area (Å²) in [5, 5.41) is 2.98. The van der Waals surface area contributed by atoms with Gasteiger partial charge in [0.25, 0.3) is 0 Å². The largest absolute Gasteiger partial charge is 0.490 e. The molecule has 0 bridgehead atoms. The van der Waals surface area contributed by atoms with Crippen molar-refractivity contribution in [1.82, 2.24) is 9.97 Å². The highest BCUT2D eigenvalue weighted by molar-refractivity contribution is 5.78. The van der Waals surface area contributed by atoms with Gasteiger partial charge in [0.15, 0.2) is 11.6 Å².